The van der Waals surface area contributed by atoms with E-state index in [1.165, 1.54) is 6.26 Å². The first kappa shape index (κ1) is 10.7. The molecular weight excluding hydrogens is 186 g/mol. The average Bonchev–Trinajstić information content (AvgIpc) is 2.59. The van der Waals surface area contributed by atoms with E-state index in [2.05, 4.69) is 5.48 Å². The minimum Gasteiger partial charge on any atom is -0.469 e. The summed E-state index contributed by atoms with van der Waals surface area (Å²) in [7, 11) is 1.56. The van der Waals surface area contributed by atoms with Crippen molar-refractivity contribution in [1.82, 2.24) is 5.48 Å². The molecule has 14 heavy (non-hydrogen) atoms. The molecule has 1 heterocycles. The molecule has 0 aliphatic carbocycles. The number of carbonyl (C=O) groups is 1. The van der Waals surface area contributed by atoms with E-state index < -0.39 is 0 Å². The van der Waals surface area contributed by atoms with Gasteiger partial charge in [-0.25, -0.2) is 5.48 Å². The van der Waals surface area contributed by atoms with Crippen molar-refractivity contribution in [3.8, 4) is 0 Å². The van der Waals surface area contributed by atoms with Crippen LogP contribution < -0.4 is 5.48 Å². The predicted octanol–water partition coefficient (Wildman–Crippen LogP) is 0.896. The zero-order chi connectivity index (χ0) is 10.4. The van der Waals surface area contributed by atoms with Gasteiger partial charge in [0.2, 0.25) is 0 Å². The lowest BCUT2D eigenvalue weighted by atomic mass is 10.3. The summed E-state index contributed by atoms with van der Waals surface area (Å²) in [5.74, 6) is 0.366. The van der Waals surface area contributed by atoms with E-state index in [0.717, 1.165) is 0 Å². The van der Waals surface area contributed by atoms with Crippen molar-refractivity contribution in [1.29, 1.82) is 0 Å². The molecule has 0 aromatic carbocycles. The number of carbonyl (C=O) groups excluding carboxylic acids is 1. The van der Waals surface area contributed by atoms with Gasteiger partial charge in [0.05, 0.1) is 18.8 Å². The van der Waals surface area contributed by atoms with Gasteiger partial charge in [-0.05, 0) is 13.0 Å². The fourth-order valence-corrected chi connectivity index (χ4v) is 0.863. The van der Waals surface area contributed by atoms with E-state index in [1.54, 1.807) is 20.1 Å². The van der Waals surface area contributed by atoms with E-state index in [1.807, 2.05) is 0 Å². The standard InChI is InChI=1S/C9H13NO4/c1-7-5-8(6-13-7)9(11)10-14-4-3-12-2/h5-6H,3-4H2,1-2H3,(H,10,11). The smallest absolute Gasteiger partial charge is 0.278 e. The molecule has 1 amide bonds. The summed E-state index contributed by atoms with van der Waals surface area (Å²) in [6, 6.07) is 1.63. The van der Waals surface area contributed by atoms with Crippen LogP contribution in [-0.4, -0.2) is 26.2 Å². The highest BCUT2D eigenvalue weighted by molar-refractivity contribution is 5.93. The Kier molecular flexibility index (Phi) is 4.15. The molecule has 0 saturated carbocycles. The van der Waals surface area contributed by atoms with Crippen LogP contribution in [0.3, 0.4) is 0 Å². The van der Waals surface area contributed by atoms with Gasteiger partial charge < -0.3 is 9.15 Å². The number of amides is 1. The molecule has 0 aliphatic rings. The van der Waals surface area contributed by atoms with Gasteiger partial charge in [-0.2, -0.15) is 0 Å². The third kappa shape index (κ3) is 3.20. The Labute approximate surface area is 81.9 Å². The summed E-state index contributed by atoms with van der Waals surface area (Å²) < 4.78 is 9.71. The number of hydrogen-bond acceptors (Lipinski definition) is 4. The number of methoxy groups -OCH3 is 1. The molecule has 5 heteroatoms. The number of ether oxygens (including phenoxy) is 1. The molecule has 0 fully saturated rings. The Morgan fingerprint density at radius 1 is 1.57 bits per heavy atom. The summed E-state index contributed by atoms with van der Waals surface area (Å²) >= 11 is 0. The largest absolute Gasteiger partial charge is 0.469 e. The summed E-state index contributed by atoms with van der Waals surface area (Å²) in [6.45, 7) is 2.52. The van der Waals surface area contributed by atoms with Crippen molar-refractivity contribution in [3.05, 3.63) is 23.7 Å². The fraction of sp³-hybridized carbons (Fsp3) is 0.444. The van der Waals surface area contributed by atoms with Gasteiger partial charge in [0.15, 0.2) is 0 Å². The summed E-state index contributed by atoms with van der Waals surface area (Å²) in [4.78, 5) is 16.1. The quantitative estimate of drug-likeness (QED) is 0.565. The van der Waals surface area contributed by atoms with Crippen molar-refractivity contribution in [2.75, 3.05) is 20.3 Å². The number of hydroxylamine groups is 1. The van der Waals surface area contributed by atoms with Crippen LogP contribution in [0.1, 0.15) is 16.1 Å². The third-order valence-electron chi connectivity index (χ3n) is 1.55. The number of hydrogen-bond donors (Lipinski definition) is 1. The van der Waals surface area contributed by atoms with Crippen LogP contribution in [0.2, 0.25) is 0 Å². The maximum Gasteiger partial charge on any atom is 0.278 e. The van der Waals surface area contributed by atoms with Gasteiger partial charge in [0.1, 0.15) is 12.0 Å². The molecule has 1 rings (SSSR count). The first-order chi connectivity index (χ1) is 6.74. The topological polar surface area (TPSA) is 60.7 Å². The fourth-order valence-electron chi connectivity index (χ4n) is 0.863. The van der Waals surface area contributed by atoms with Crippen molar-refractivity contribution in [2.45, 2.75) is 6.92 Å². The molecule has 1 aromatic heterocycles. The molecule has 0 radical (unpaired) electrons. The van der Waals surface area contributed by atoms with Crippen LogP contribution in [0.5, 0.6) is 0 Å². The molecule has 0 aliphatic heterocycles. The van der Waals surface area contributed by atoms with E-state index in [0.29, 0.717) is 24.5 Å². The van der Waals surface area contributed by atoms with Crippen molar-refractivity contribution >= 4 is 5.91 Å². The first-order valence-electron chi connectivity index (χ1n) is 4.20. The Morgan fingerprint density at radius 3 is 2.93 bits per heavy atom. The second-order valence-electron chi connectivity index (χ2n) is 2.72. The average molecular weight is 199 g/mol. The molecule has 0 unspecified atom stereocenters. The molecule has 0 saturated heterocycles. The highest BCUT2D eigenvalue weighted by atomic mass is 16.7. The lowest BCUT2D eigenvalue weighted by molar-refractivity contribution is 0.00885. The second kappa shape index (κ2) is 5.41. The minimum atomic E-state index is -0.321. The SMILES string of the molecule is COCCONC(=O)c1coc(C)c1. The number of rotatable bonds is 5. The summed E-state index contributed by atoms with van der Waals surface area (Å²) in [6.07, 6.45) is 1.38. The van der Waals surface area contributed by atoms with Crippen molar-refractivity contribution < 1.29 is 18.8 Å². The molecule has 5 nitrogen and oxygen atoms in total. The van der Waals surface area contributed by atoms with E-state index in [4.69, 9.17) is 14.0 Å². The third-order valence-corrected chi connectivity index (χ3v) is 1.55. The molecule has 0 spiro atoms. The molecule has 0 bridgehead atoms. The highest BCUT2D eigenvalue weighted by Gasteiger charge is 2.07. The predicted molar refractivity (Wildman–Crippen MR) is 48.7 cm³/mol. The normalized spacial score (nSPS) is 10.1. The van der Waals surface area contributed by atoms with Crippen molar-refractivity contribution in [2.24, 2.45) is 0 Å². The molecule has 1 N–H and O–H groups in total. The number of aryl methyl sites for hydroxylation is 1. The van der Waals surface area contributed by atoms with Crippen LogP contribution in [0.25, 0.3) is 0 Å². The van der Waals surface area contributed by atoms with Crippen LogP contribution in [-0.2, 0) is 9.57 Å². The van der Waals surface area contributed by atoms with Gasteiger partial charge in [0, 0.05) is 7.11 Å². The van der Waals surface area contributed by atoms with Crippen LogP contribution in [0.4, 0.5) is 0 Å². The van der Waals surface area contributed by atoms with Gasteiger partial charge in [-0.1, -0.05) is 0 Å². The lowest BCUT2D eigenvalue weighted by Crippen LogP contribution is -2.24. The number of nitrogens with one attached hydrogen (secondary N) is 1. The Bertz CT molecular complexity index is 295. The van der Waals surface area contributed by atoms with Gasteiger partial charge >= 0.3 is 0 Å². The maximum absolute atomic E-state index is 11.3. The van der Waals surface area contributed by atoms with Crippen LogP contribution >= 0.6 is 0 Å². The zero-order valence-electron chi connectivity index (χ0n) is 8.20. The van der Waals surface area contributed by atoms with Gasteiger partial charge in [-0.15, -0.1) is 0 Å². The Morgan fingerprint density at radius 2 is 2.36 bits per heavy atom. The monoisotopic (exact) mass is 199 g/mol. The minimum absolute atomic E-state index is 0.319. The van der Waals surface area contributed by atoms with Crippen LogP contribution in [0.15, 0.2) is 16.7 Å². The number of furan rings is 1. The van der Waals surface area contributed by atoms with Gasteiger partial charge in [-0.3, -0.25) is 9.63 Å². The highest BCUT2D eigenvalue weighted by Crippen LogP contribution is 2.05. The summed E-state index contributed by atoms with van der Waals surface area (Å²) in [5, 5.41) is 0. The zero-order valence-corrected chi connectivity index (χ0v) is 8.20. The maximum atomic E-state index is 11.3. The molecule has 1 aromatic rings. The van der Waals surface area contributed by atoms with Gasteiger partial charge in [0.25, 0.3) is 5.91 Å². The summed E-state index contributed by atoms with van der Waals surface area (Å²) in [5.41, 5.74) is 2.71. The van der Waals surface area contributed by atoms with Crippen LogP contribution in [0, 0.1) is 6.92 Å². The van der Waals surface area contributed by atoms with Crippen molar-refractivity contribution in [3.63, 3.8) is 0 Å². The first-order valence-corrected chi connectivity index (χ1v) is 4.20. The van der Waals surface area contributed by atoms with E-state index in [-0.39, 0.29) is 5.91 Å². The lowest BCUT2D eigenvalue weighted by Gasteiger charge is -2.02. The molecule has 78 valence electrons. The molecular formula is C9H13NO4. The van der Waals surface area contributed by atoms with E-state index in [9.17, 15) is 4.79 Å². The Hall–Kier alpha value is -1.33. The molecule has 0 atom stereocenters. The Balaban J connectivity index is 2.29. The van der Waals surface area contributed by atoms with E-state index >= 15 is 0 Å². The second-order valence-corrected chi connectivity index (χ2v) is 2.72.